The fraction of sp³-hybridized carbons (Fsp3) is 0.571. The lowest BCUT2D eigenvalue weighted by Crippen LogP contribution is -2.33. The lowest BCUT2D eigenvalue weighted by atomic mass is 9.97. The van der Waals surface area contributed by atoms with E-state index < -0.39 is 0 Å². The van der Waals surface area contributed by atoms with Crippen LogP contribution in [0.3, 0.4) is 0 Å². The monoisotopic (exact) mass is 332 g/mol. The second-order valence-corrected chi connectivity index (χ2v) is 5.56. The SMILES string of the molecule is CC(C)C(C)OC(C)(CI)c1ccccc1. The Bertz CT molecular complexity index is 310. The van der Waals surface area contributed by atoms with Gasteiger partial charge in [0.25, 0.3) is 0 Å². The summed E-state index contributed by atoms with van der Waals surface area (Å²) in [4.78, 5) is 0. The zero-order chi connectivity index (χ0) is 12.2. The van der Waals surface area contributed by atoms with Crippen molar-refractivity contribution in [3.05, 3.63) is 35.9 Å². The summed E-state index contributed by atoms with van der Waals surface area (Å²) in [6.45, 7) is 8.72. The molecule has 2 heteroatoms. The van der Waals surface area contributed by atoms with E-state index in [4.69, 9.17) is 4.74 Å². The molecule has 1 nitrogen and oxygen atoms in total. The van der Waals surface area contributed by atoms with Crippen molar-refractivity contribution < 1.29 is 4.74 Å². The highest BCUT2D eigenvalue weighted by Gasteiger charge is 2.29. The minimum absolute atomic E-state index is 0.175. The number of ether oxygens (including phenoxy) is 1. The van der Waals surface area contributed by atoms with Gasteiger partial charge in [0.1, 0.15) is 0 Å². The molecule has 1 aromatic carbocycles. The van der Waals surface area contributed by atoms with Crippen molar-refractivity contribution in [1.82, 2.24) is 0 Å². The Morgan fingerprint density at radius 1 is 1.19 bits per heavy atom. The van der Waals surface area contributed by atoms with Gasteiger partial charge < -0.3 is 4.74 Å². The van der Waals surface area contributed by atoms with E-state index in [-0.39, 0.29) is 11.7 Å². The van der Waals surface area contributed by atoms with Crippen LogP contribution >= 0.6 is 22.6 Å². The van der Waals surface area contributed by atoms with Crippen molar-refractivity contribution in [1.29, 1.82) is 0 Å². The summed E-state index contributed by atoms with van der Waals surface area (Å²) >= 11 is 2.40. The van der Waals surface area contributed by atoms with Crippen LogP contribution in [0.5, 0.6) is 0 Å². The van der Waals surface area contributed by atoms with Gasteiger partial charge in [0.2, 0.25) is 0 Å². The zero-order valence-electron chi connectivity index (χ0n) is 10.5. The number of rotatable bonds is 5. The van der Waals surface area contributed by atoms with Gasteiger partial charge in [-0.25, -0.2) is 0 Å². The van der Waals surface area contributed by atoms with Gasteiger partial charge in [0.15, 0.2) is 0 Å². The second kappa shape index (κ2) is 6.01. The van der Waals surface area contributed by atoms with Crippen molar-refractivity contribution >= 4 is 22.6 Å². The van der Waals surface area contributed by atoms with E-state index in [2.05, 4.69) is 74.6 Å². The molecule has 0 saturated heterocycles. The van der Waals surface area contributed by atoms with Crippen LogP contribution in [0.4, 0.5) is 0 Å². The number of halogens is 1. The summed E-state index contributed by atoms with van der Waals surface area (Å²) in [5, 5.41) is 0. The Morgan fingerprint density at radius 2 is 1.75 bits per heavy atom. The summed E-state index contributed by atoms with van der Waals surface area (Å²) in [6, 6.07) is 10.5. The highest BCUT2D eigenvalue weighted by Crippen LogP contribution is 2.30. The van der Waals surface area contributed by atoms with Gasteiger partial charge in [-0.1, -0.05) is 66.8 Å². The summed E-state index contributed by atoms with van der Waals surface area (Å²) in [5.74, 6) is 0.547. The van der Waals surface area contributed by atoms with E-state index >= 15 is 0 Å². The van der Waals surface area contributed by atoms with E-state index in [0.29, 0.717) is 5.92 Å². The van der Waals surface area contributed by atoms with Crippen LogP contribution in [0.15, 0.2) is 30.3 Å². The van der Waals surface area contributed by atoms with Crippen molar-refractivity contribution in [2.45, 2.75) is 39.4 Å². The lowest BCUT2D eigenvalue weighted by molar-refractivity contribution is -0.0809. The molecule has 16 heavy (non-hydrogen) atoms. The smallest absolute Gasteiger partial charge is 0.0996 e. The minimum atomic E-state index is -0.175. The summed E-state index contributed by atoms with van der Waals surface area (Å²) in [6.07, 6.45) is 0.278. The van der Waals surface area contributed by atoms with E-state index in [9.17, 15) is 0 Å². The molecule has 0 fully saturated rings. The normalized spacial score (nSPS) is 17.1. The quantitative estimate of drug-likeness (QED) is 0.574. The molecular weight excluding hydrogens is 311 g/mol. The predicted molar refractivity (Wildman–Crippen MR) is 78.1 cm³/mol. The van der Waals surface area contributed by atoms with Crippen molar-refractivity contribution in [2.24, 2.45) is 5.92 Å². The van der Waals surface area contributed by atoms with E-state index in [0.717, 1.165) is 4.43 Å². The fourth-order valence-electron chi connectivity index (χ4n) is 1.51. The van der Waals surface area contributed by atoms with E-state index in [1.807, 2.05) is 6.07 Å². The van der Waals surface area contributed by atoms with Crippen molar-refractivity contribution in [2.75, 3.05) is 4.43 Å². The molecule has 0 saturated carbocycles. The Hall–Kier alpha value is -0.0900. The van der Waals surface area contributed by atoms with Gasteiger partial charge in [0.05, 0.1) is 11.7 Å². The third-order valence-electron chi connectivity index (χ3n) is 3.02. The third kappa shape index (κ3) is 3.45. The Labute approximate surface area is 113 Å². The molecule has 90 valence electrons. The fourth-order valence-corrected chi connectivity index (χ4v) is 2.13. The average molecular weight is 332 g/mol. The summed E-state index contributed by atoms with van der Waals surface area (Å²) in [5.41, 5.74) is 1.09. The van der Waals surface area contributed by atoms with Crippen molar-refractivity contribution in [3.8, 4) is 0 Å². The number of benzene rings is 1. The molecule has 0 N–H and O–H groups in total. The van der Waals surface area contributed by atoms with Gasteiger partial charge in [-0.2, -0.15) is 0 Å². The molecule has 0 radical (unpaired) electrons. The highest BCUT2D eigenvalue weighted by molar-refractivity contribution is 14.1. The number of hydrogen-bond donors (Lipinski definition) is 0. The molecule has 0 aliphatic carbocycles. The molecule has 0 amide bonds. The largest absolute Gasteiger partial charge is 0.367 e. The Morgan fingerprint density at radius 3 is 2.19 bits per heavy atom. The molecule has 1 rings (SSSR count). The highest BCUT2D eigenvalue weighted by atomic mass is 127. The molecule has 2 unspecified atom stereocenters. The maximum absolute atomic E-state index is 6.23. The first-order valence-electron chi connectivity index (χ1n) is 5.79. The molecule has 0 aliphatic heterocycles. The second-order valence-electron chi connectivity index (χ2n) is 4.80. The Balaban J connectivity index is 2.86. The van der Waals surface area contributed by atoms with Crippen molar-refractivity contribution in [3.63, 3.8) is 0 Å². The predicted octanol–water partition coefficient (Wildman–Crippen LogP) is 4.40. The topological polar surface area (TPSA) is 9.23 Å². The molecule has 2 atom stereocenters. The van der Waals surface area contributed by atoms with Gasteiger partial charge >= 0.3 is 0 Å². The molecule has 0 spiro atoms. The molecule has 0 heterocycles. The van der Waals surface area contributed by atoms with Crippen LogP contribution in [0.25, 0.3) is 0 Å². The molecular formula is C14H21IO. The molecule has 1 aromatic rings. The van der Waals surface area contributed by atoms with Crippen LogP contribution < -0.4 is 0 Å². The van der Waals surface area contributed by atoms with Crippen LogP contribution in [-0.2, 0) is 10.3 Å². The molecule has 0 aliphatic rings. The molecule has 0 bridgehead atoms. The van der Waals surface area contributed by atoms with Gasteiger partial charge in [0, 0.05) is 4.43 Å². The lowest BCUT2D eigenvalue weighted by Gasteiger charge is -2.33. The average Bonchev–Trinajstić information content (AvgIpc) is 2.29. The van der Waals surface area contributed by atoms with E-state index in [1.54, 1.807) is 0 Å². The standard InChI is InChI=1S/C14H21IO/c1-11(2)12(3)16-14(4,10-15)13-8-6-5-7-9-13/h5-9,11-12H,10H2,1-4H3. The maximum atomic E-state index is 6.23. The van der Waals surface area contributed by atoms with Gasteiger partial charge in [-0.15, -0.1) is 0 Å². The zero-order valence-corrected chi connectivity index (χ0v) is 12.7. The van der Waals surface area contributed by atoms with Crippen LogP contribution in [0.1, 0.15) is 33.3 Å². The van der Waals surface area contributed by atoms with E-state index in [1.165, 1.54) is 5.56 Å². The number of alkyl halides is 1. The van der Waals surface area contributed by atoms with Crippen LogP contribution in [0, 0.1) is 5.92 Å². The first-order valence-corrected chi connectivity index (χ1v) is 7.31. The van der Waals surface area contributed by atoms with Gasteiger partial charge in [-0.3, -0.25) is 0 Å². The third-order valence-corrected chi connectivity index (χ3v) is 4.48. The number of hydrogen-bond acceptors (Lipinski definition) is 1. The summed E-state index contributed by atoms with van der Waals surface area (Å²) < 4.78 is 7.19. The van der Waals surface area contributed by atoms with Gasteiger partial charge in [-0.05, 0) is 25.3 Å². The van der Waals surface area contributed by atoms with Crippen LogP contribution in [0.2, 0.25) is 0 Å². The summed E-state index contributed by atoms with van der Waals surface area (Å²) in [7, 11) is 0. The molecule has 0 aromatic heterocycles. The first kappa shape index (κ1) is 14.0. The maximum Gasteiger partial charge on any atom is 0.0996 e. The first-order chi connectivity index (χ1) is 7.49. The minimum Gasteiger partial charge on any atom is -0.367 e. The Kier molecular flexibility index (Phi) is 5.25. The van der Waals surface area contributed by atoms with Crippen LogP contribution in [-0.4, -0.2) is 10.5 Å².